The van der Waals surface area contributed by atoms with Crippen molar-refractivity contribution in [3.05, 3.63) is 23.4 Å². The van der Waals surface area contributed by atoms with Gasteiger partial charge in [-0.1, -0.05) is 0 Å². The van der Waals surface area contributed by atoms with Crippen LogP contribution in [0.1, 0.15) is 24.1 Å². The second kappa shape index (κ2) is 7.08. The summed E-state index contributed by atoms with van der Waals surface area (Å²) in [4.78, 5) is 9.52. The average molecular weight is 300 g/mol. The molecule has 2 fully saturated rings. The van der Waals surface area contributed by atoms with Crippen molar-refractivity contribution in [3.8, 4) is 6.07 Å². The summed E-state index contributed by atoms with van der Waals surface area (Å²) in [6.45, 7) is 9.06. The minimum Gasteiger partial charge on any atom is -0.379 e. The molecule has 1 aromatic rings. The van der Waals surface area contributed by atoms with E-state index in [1.54, 1.807) is 0 Å². The molecular formula is C17H24N4O. The first-order valence-corrected chi connectivity index (χ1v) is 8.19. The zero-order valence-electron chi connectivity index (χ0n) is 13.3. The van der Waals surface area contributed by atoms with Crippen LogP contribution in [0.5, 0.6) is 0 Å². The van der Waals surface area contributed by atoms with E-state index in [2.05, 4.69) is 20.9 Å². The molecule has 1 aromatic heterocycles. The Morgan fingerprint density at radius 2 is 2.14 bits per heavy atom. The molecule has 2 saturated heterocycles. The molecule has 0 aliphatic carbocycles. The van der Waals surface area contributed by atoms with Crippen LogP contribution in [0.25, 0.3) is 0 Å². The molecule has 0 aromatic carbocycles. The lowest BCUT2D eigenvalue weighted by Crippen LogP contribution is -2.44. The molecule has 0 saturated carbocycles. The van der Waals surface area contributed by atoms with Crippen molar-refractivity contribution in [2.45, 2.75) is 19.8 Å². The summed E-state index contributed by atoms with van der Waals surface area (Å²) in [6.07, 6.45) is 2.51. The zero-order chi connectivity index (χ0) is 15.4. The van der Waals surface area contributed by atoms with Gasteiger partial charge in [0, 0.05) is 32.7 Å². The topological polar surface area (TPSA) is 52.4 Å². The fourth-order valence-corrected chi connectivity index (χ4v) is 3.41. The molecule has 0 radical (unpaired) electrons. The lowest BCUT2D eigenvalue weighted by atomic mass is 9.97. The average Bonchev–Trinajstić information content (AvgIpc) is 2.56. The van der Waals surface area contributed by atoms with Gasteiger partial charge in [-0.05, 0) is 37.8 Å². The molecule has 5 nitrogen and oxygen atoms in total. The lowest BCUT2D eigenvalue weighted by Gasteiger charge is -2.37. The molecule has 0 unspecified atom stereocenters. The van der Waals surface area contributed by atoms with Gasteiger partial charge in [0.05, 0.1) is 24.5 Å². The number of nitrogens with zero attached hydrogens (tertiary/aromatic N) is 4. The smallest absolute Gasteiger partial charge is 0.128 e. The molecule has 0 spiro atoms. The second-order valence-corrected chi connectivity index (χ2v) is 6.28. The molecule has 0 amide bonds. The number of nitriles is 1. The number of ether oxygens (including phenoxy) is 1. The monoisotopic (exact) mass is 300 g/mol. The van der Waals surface area contributed by atoms with E-state index in [1.807, 2.05) is 19.1 Å². The molecule has 5 heteroatoms. The summed E-state index contributed by atoms with van der Waals surface area (Å²) in [5.41, 5.74) is 1.50. The van der Waals surface area contributed by atoms with Gasteiger partial charge in [0.1, 0.15) is 11.9 Å². The van der Waals surface area contributed by atoms with E-state index < -0.39 is 0 Å². The normalized spacial score (nSPS) is 23.3. The van der Waals surface area contributed by atoms with E-state index in [1.165, 1.54) is 12.8 Å². The number of aromatic nitrogens is 1. The Morgan fingerprint density at radius 1 is 1.32 bits per heavy atom. The van der Waals surface area contributed by atoms with Crippen LogP contribution in [0, 0.1) is 24.2 Å². The van der Waals surface area contributed by atoms with Gasteiger partial charge in [0.25, 0.3) is 0 Å². The maximum Gasteiger partial charge on any atom is 0.128 e. The fourth-order valence-electron chi connectivity index (χ4n) is 3.41. The Labute approximate surface area is 132 Å². The van der Waals surface area contributed by atoms with Crippen molar-refractivity contribution in [3.63, 3.8) is 0 Å². The van der Waals surface area contributed by atoms with Crippen LogP contribution in [0.3, 0.4) is 0 Å². The highest BCUT2D eigenvalue weighted by Crippen LogP contribution is 2.23. The van der Waals surface area contributed by atoms with Crippen molar-refractivity contribution in [1.82, 2.24) is 9.88 Å². The summed E-state index contributed by atoms with van der Waals surface area (Å²) < 4.78 is 5.43. The third-order valence-electron chi connectivity index (χ3n) is 4.65. The van der Waals surface area contributed by atoms with E-state index >= 15 is 0 Å². The Kier molecular flexibility index (Phi) is 4.91. The van der Waals surface area contributed by atoms with Gasteiger partial charge in [-0.15, -0.1) is 0 Å². The molecule has 118 valence electrons. The van der Waals surface area contributed by atoms with Crippen LogP contribution < -0.4 is 4.90 Å². The summed E-state index contributed by atoms with van der Waals surface area (Å²) >= 11 is 0. The molecule has 0 N–H and O–H groups in total. The highest BCUT2D eigenvalue weighted by Gasteiger charge is 2.24. The van der Waals surface area contributed by atoms with Gasteiger partial charge < -0.3 is 9.64 Å². The van der Waals surface area contributed by atoms with Gasteiger partial charge in [-0.2, -0.15) is 5.26 Å². The zero-order valence-corrected chi connectivity index (χ0v) is 13.3. The highest BCUT2D eigenvalue weighted by molar-refractivity contribution is 5.45. The third-order valence-corrected chi connectivity index (χ3v) is 4.65. The Bertz CT molecular complexity index is 548. The third kappa shape index (κ3) is 3.57. The van der Waals surface area contributed by atoms with E-state index in [4.69, 9.17) is 10.00 Å². The van der Waals surface area contributed by atoms with Crippen LogP contribution in [-0.4, -0.2) is 55.8 Å². The highest BCUT2D eigenvalue weighted by atomic mass is 16.5. The van der Waals surface area contributed by atoms with Crippen LogP contribution >= 0.6 is 0 Å². The lowest BCUT2D eigenvalue weighted by molar-refractivity contribution is 0.0296. The Hall–Kier alpha value is -1.64. The van der Waals surface area contributed by atoms with Gasteiger partial charge in [0.2, 0.25) is 0 Å². The summed E-state index contributed by atoms with van der Waals surface area (Å²) in [5, 5.41) is 9.02. The molecule has 3 rings (SSSR count). The summed E-state index contributed by atoms with van der Waals surface area (Å²) in [7, 11) is 0. The van der Waals surface area contributed by atoms with Gasteiger partial charge in [-0.3, -0.25) is 4.90 Å². The maximum absolute atomic E-state index is 9.02. The quantitative estimate of drug-likeness (QED) is 0.852. The molecule has 1 atom stereocenters. The molecule has 2 aliphatic rings. The van der Waals surface area contributed by atoms with Crippen molar-refractivity contribution in [2.24, 2.45) is 5.92 Å². The van der Waals surface area contributed by atoms with E-state index in [0.29, 0.717) is 11.5 Å². The number of aryl methyl sites for hydroxylation is 1. The van der Waals surface area contributed by atoms with Crippen molar-refractivity contribution < 1.29 is 4.74 Å². The van der Waals surface area contributed by atoms with Gasteiger partial charge >= 0.3 is 0 Å². The van der Waals surface area contributed by atoms with Crippen LogP contribution in [-0.2, 0) is 4.74 Å². The SMILES string of the molecule is Cc1nc(N2CCC[C@@H](CN3CCOCC3)C2)ccc1C#N. The minimum atomic E-state index is 0.672. The van der Waals surface area contributed by atoms with Crippen LogP contribution in [0.15, 0.2) is 12.1 Å². The predicted molar refractivity (Wildman–Crippen MR) is 85.9 cm³/mol. The van der Waals surface area contributed by atoms with Crippen molar-refractivity contribution >= 4 is 5.82 Å². The largest absolute Gasteiger partial charge is 0.379 e. The first-order chi connectivity index (χ1) is 10.8. The number of hydrogen-bond donors (Lipinski definition) is 0. The number of morpholine rings is 1. The van der Waals surface area contributed by atoms with Crippen molar-refractivity contribution in [2.75, 3.05) is 50.8 Å². The number of hydrogen-bond acceptors (Lipinski definition) is 5. The predicted octanol–water partition coefficient (Wildman–Crippen LogP) is 1.81. The maximum atomic E-state index is 9.02. The summed E-state index contributed by atoms with van der Waals surface area (Å²) in [5.74, 6) is 1.72. The van der Waals surface area contributed by atoms with E-state index in [9.17, 15) is 0 Å². The molecule has 0 bridgehead atoms. The standard InChI is InChI=1S/C17H24N4O/c1-14-16(11-18)4-5-17(19-14)21-6-2-3-15(13-21)12-20-7-9-22-10-8-20/h4-5,15H,2-3,6-10,12-13H2,1H3/t15-/m0/s1. The first-order valence-electron chi connectivity index (χ1n) is 8.19. The molecular weight excluding hydrogens is 276 g/mol. The fraction of sp³-hybridized carbons (Fsp3) is 0.647. The van der Waals surface area contributed by atoms with Crippen LogP contribution in [0.4, 0.5) is 5.82 Å². The second-order valence-electron chi connectivity index (χ2n) is 6.28. The number of pyridine rings is 1. The Balaban J connectivity index is 1.62. The van der Waals surface area contributed by atoms with E-state index in [0.717, 1.165) is 57.4 Å². The number of piperidine rings is 1. The molecule has 22 heavy (non-hydrogen) atoms. The van der Waals surface area contributed by atoms with Gasteiger partial charge in [0.15, 0.2) is 0 Å². The molecule has 2 aliphatic heterocycles. The Morgan fingerprint density at radius 3 is 2.86 bits per heavy atom. The van der Waals surface area contributed by atoms with E-state index in [-0.39, 0.29) is 0 Å². The number of anilines is 1. The van der Waals surface area contributed by atoms with Crippen molar-refractivity contribution in [1.29, 1.82) is 5.26 Å². The minimum absolute atomic E-state index is 0.672. The molecule has 3 heterocycles. The number of rotatable bonds is 3. The van der Waals surface area contributed by atoms with Crippen LogP contribution in [0.2, 0.25) is 0 Å². The van der Waals surface area contributed by atoms with Gasteiger partial charge in [-0.25, -0.2) is 4.98 Å². The summed E-state index contributed by atoms with van der Waals surface area (Å²) in [6, 6.07) is 6.07. The first kappa shape index (κ1) is 15.3.